The van der Waals surface area contributed by atoms with Crippen LogP contribution in [-0.2, 0) is 11.2 Å². The van der Waals surface area contributed by atoms with Crippen molar-refractivity contribution in [3.8, 4) is 6.07 Å². The number of amides is 1. The lowest BCUT2D eigenvalue weighted by Crippen LogP contribution is -2.33. The molecule has 0 radical (unpaired) electrons. The van der Waals surface area contributed by atoms with Gasteiger partial charge in [-0.2, -0.15) is 5.26 Å². The van der Waals surface area contributed by atoms with Crippen LogP contribution in [0.2, 0.25) is 0 Å². The SMILES string of the molecule is Cc1cc(F)c2c(c1)CCCN2CCC(=O)Nc1sccc1C#N. The van der Waals surface area contributed by atoms with Gasteiger partial charge in [0.2, 0.25) is 5.91 Å². The minimum Gasteiger partial charge on any atom is -0.368 e. The maximum Gasteiger partial charge on any atom is 0.226 e. The number of halogens is 1. The van der Waals surface area contributed by atoms with Crippen molar-refractivity contribution in [2.24, 2.45) is 0 Å². The minimum absolute atomic E-state index is 0.159. The molecule has 24 heavy (non-hydrogen) atoms. The summed E-state index contributed by atoms with van der Waals surface area (Å²) in [6.45, 7) is 3.11. The molecule has 0 aliphatic carbocycles. The molecule has 2 aromatic rings. The molecule has 0 saturated heterocycles. The fourth-order valence-corrected chi connectivity index (χ4v) is 3.82. The number of fused-ring (bicyclic) bond motifs is 1. The van der Waals surface area contributed by atoms with Gasteiger partial charge >= 0.3 is 0 Å². The monoisotopic (exact) mass is 343 g/mol. The van der Waals surface area contributed by atoms with Crippen LogP contribution < -0.4 is 10.2 Å². The molecule has 1 amide bonds. The first-order chi connectivity index (χ1) is 11.6. The Hall–Kier alpha value is -2.39. The summed E-state index contributed by atoms with van der Waals surface area (Å²) in [4.78, 5) is 14.1. The number of anilines is 2. The zero-order valence-corrected chi connectivity index (χ0v) is 14.3. The van der Waals surface area contributed by atoms with Crippen LogP contribution in [0, 0.1) is 24.1 Å². The summed E-state index contributed by atoms with van der Waals surface area (Å²) in [5, 5.41) is 14.1. The first-order valence-corrected chi connectivity index (χ1v) is 8.78. The molecule has 124 valence electrons. The van der Waals surface area contributed by atoms with E-state index in [1.807, 2.05) is 24.0 Å². The number of nitriles is 1. The highest BCUT2D eigenvalue weighted by Gasteiger charge is 2.21. The number of carbonyl (C=O) groups is 1. The molecule has 1 aliphatic heterocycles. The van der Waals surface area contributed by atoms with Crippen molar-refractivity contribution in [1.82, 2.24) is 0 Å². The third-order valence-electron chi connectivity index (χ3n) is 4.12. The average molecular weight is 343 g/mol. The highest BCUT2D eigenvalue weighted by Crippen LogP contribution is 2.31. The highest BCUT2D eigenvalue weighted by atomic mass is 32.1. The van der Waals surface area contributed by atoms with Crippen molar-refractivity contribution in [3.63, 3.8) is 0 Å². The van der Waals surface area contributed by atoms with Gasteiger partial charge in [-0.1, -0.05) is 6.07 Å². The average Bonchev–Trinajstić information content (AvgIpc) is 2.99. The number of hydrogen-bond donors (Lipinski definition) is 1. The zero-order chi connectivity index (χ0) is 17.1. The first-order valence-electron chi connectivity index (χ1n) is 7.90. The van der Waals surface area contributed by atoms with Crippen LogP contribution >= 0.6 is 11.3 Å². The van der Waals surface area contributed by atoms with Gasteiger partial charge < -0.3 is 10.2 Å². The molecule has 1 aliphatic rings. The van der Waals surface area contributed by atoms with E-state index in [9.17, 15) is 9.18 Å². The number of carbonyl (C=O) groups excluding carboxylic acids is 1. The van der Waals surface area contributed by atoms with Gasteiger partial charge in [0.25, 0.3) is 0 Å². The van der Waals surface area contributed by atoms with Crippen LogP contribution in [0.5, 0.6) is 0 Å². The molecule has 4 nitrogen and oxygen atoms in total. The Morgan fingerprint density at radius 1 is 1.50 bits per heavy atom. The largest absolute Gasteiger partial charge is 0.368 e. The van der Waals surface area contributed by atoms with Gasteiger partial charge in [-0.05, 0) is 48.4 Å². The number of thiophene rings is 1. The van der Waals surface area contributed by atoms with Crippen molar-refractivity contribution in [2.45, 2.75) is 26.2 Å². The van der Waals surface area contributed by atoms with Gasteiger partial charge in [0.15, 0.2) is 0 Å². The molecule has 0 bridgehead atoms. The smallest absolute Gasteiger partial charge is 0.226 e. The maximum absolute atomic E-state index is 14.3. The van der Waals surface area contributed by atoms with Gasteiger partial charge in [-0.3, -0.25) is 4.79 Å². The topological polar surface area (TPSA) is 56.1 Å². The summed E-state index contributed by atoms with van der Waals surface area (Å²) in [7, 11) is 0. The Morgan fingerprint density at radius 3 is 3.12 bits per heavy atom. The van der Waals surface area contributed by atoms with E-state index >= 15 is 0 Å². The van der Waals surface area contributed by atoms with Crippen LogP contribution in [0.1, 0.15) is 29.5 Å². The maximum atomic E-state index is 14.3. The predicted octanol–water partition coefficient (Wildman–Crippen LogP) is 3.85. The van der Waals surface area contributed by atoms with E-state index in [1.165, 1.54) is 11.3 Å². The zero-order valence-electron chi connectivity index (χ0n) is 13.4. The molecule has 6 heteroatoms. The van der Waals surface area contributed by atoms with E-state index in [0.717, 1.165) is 30.5 Å². The number of nitrogens with one attached hydrogen (secondary N) is 1. The van der Waals surface area contributed by atoms with Crippen molar-refractivity contribution in [1.29, 1.82) is 5.26 Å². The molecule has 1 aromatic heterocycles. The highest BCUT2D eigenvalue weighted by molar-refractivity contribution is 7.14. The van der Waals surface area contributed by atoms with Crippen molar-refractivity contribution < 1.29 is 9.18 Å². The van der Waals surface area contributed by atoms with Gasteiger partial charge in [0, 0.05) is 19.5 Å². The van der Waals surface area contributed by atoms with E-state index in [-0.39, 0.29) is 18.1 Å². The fraction of sp³-hybridized carbons (Fsp3) is 0.333. The number of benzene rings is 1. The van der Waals surface area contributed by atoms with Crippen molar-refractivity contribution in [2.75, 3.05) is 23.3 Å². The predicted molar refractivity (Wildman–Crippen MR) is 94.0 cm³/mol. The third-order valence-corrected chi connectivity index (χ3v) is 4.95. The van der Waals surface area contributed by atoms with Crippen molar-refractivity contribution >= 4 is 27.9 Å². The fourth-order valence-electron chi connectivity index (χ4n) is 3.07. The molecule has 0 unspecified atom stereocenters. The van der Waals surface area contributed by atoms with E-state index in [1.54, 1.807) is 17.5 Å². The summed E-state index contributed by atoms with van der Waals surface area (Å²) < 4.78 is 14.3. The van der Waals surface area contributed by atoms with E-state index in [2.05, 4.69) is 5.32 Å². The van der Waals surface area contributed by atoms with E-state index in [4.69, 9.17) is 5.26 Å². The van der Waals surface area contributed by atoms with Crippen LogP contribution in [-0.4, -0.2) is 19.0 Å². The van der Waals surface area contributed by atoms with Gasteiger partial charge in [0.05, 0.1) is 11.3 Å². The summed E-state index contributed by atoms with van der Waals surface area (Å²) in [5.74, 6) is -0.372. The Labute approximate surface area is 144 Å². The third kappa shape index (κ3) is 3.41. The molecule has 3 rings (SSSR count). The quantitative estimate of drug-likeness (QED) is 0.917. The summed E-state index contributed by atoms with van der Waals surface area (Å²) in [6.07, 6.45) is 2.09. The number of hydrogen-bond acceptors (Lipinski definition) is 4. The summed E-state index contributed by atoms with van der Waals surface area (Å²) >= 11 is 1.33. The van der Waals surface area contributed by atoms with E-state index < -0.39 is 0 Å². The first kappa shape index (κ1) is 16.5. The molecule has 0 atom stereocenters. The minimum atomic E-state index is -0.213. The second-order valence-corrected chi connectivity index (χ2v) is 6.83. The van der Waals surface area contributed by atoms with Crippen molar-refractivity contribution in [3.05, 3.63) is 46.1 Å². The molecule has 1 N–H and O–H groups in total. The molecular weight excluding hydrogens is 325 g/mol. The lowest BCUT2D eigenvalue weighted by atomic mass is 9.99. The second-order valence-electron chi connectivity index (χ2n) is 5.92. The number of nitrogens with zero attached hydrogens (tertiary/aromatic N) is 2. The van der Waals surface area contributed by atoms with Crippen LogP contribution in [0.3, 0.4) is 0 Å². The normalized spacial score (nSPS) is 13.3. The molecule has 0 saturated carbocycles. The van der Waals surface area contributed by atoms with Gasteiger partial charge in [-0.15, -0.1) is 11.3 Å². The molecule has 2 heterocycles. The lowest BCUT2D eigenvalue weighted by Gasteiger charge is -2.31. The van der Waals surface area contributed by atoms with Crippen LogP contribution in [0.25, 0.3) is 0 Å². The standard InChI is InChI=1S/C18H18FN3OS/c1-12-9-13-3-2-6-22(17(13)15(19)10-12)7-4-16(23)21-18-14(11-20)5-8-24-18/h5,8-10H,2-4,6-7H2,1H3,(H,21,23). The van der Waals surface area contributed by atoms with E-state index in [0.29, 0.717) is 22.8 Å². The number of aryl methyl sites for hydroxylation is 2. The Morgan fingerprint density at radius 2 is 2.33 bits per heavy atom. The Bertz CT molecular complexity index is 809. The van der Waals surface area contributed by atoms with Gasteiger partial charge in [-0.25, -0.2) is 4.39 Å². The van der Waals surface area contributed by atoms with Crippen LogP contribution in [0.15, 0.2) is 23.6 Å². The van der Waals surface area contributed by atoms with Gasteiger partial charge in [0.1, 0.15) is 16.9 Å². The molecule has 0 spiro atoms. The molecular formula is C18H18FN3OS. The van der Waals surface area contributed by atoms with Crippen LogP contribution in [0.4, 0.5) is 15.1 Å². The second kappa shape index (κ2) is 7.02. The number of rotatable bonds is 4. The Balaban J connectivity index is 1.66. The lowest BCUT2D eigenvalue weighted by molar-refractivity contribution is -0.116. The summed E-state index contributed by atoms with van der Waals surface area (Å²) in [5.41, 5.74) is 3.04. The Kier molecular flexibility index (Phi) is 4.81. The molecule has 1 aromatic carbocycles. The summed E-state index contributed by atoms with van der Waals surface area (Å²) in [6, 6.07) is 7.29. The molecule has 0 fully saturated rings.